The molecule has 37 heteroatoms. The van der Waals surface area contributed by atoms with Crippen LogP contribution >= 0.6 is 0 Å². The summed E-state index contributed by atoms with van der Waals surface area (Å²) in [7, 11) is 0. The number of carbonyl (C=O) groups is 7. The first-order valence-electron chi connectivity index (χ1n) is 29.5. The monoisotopic (exact) mass is 1290 g/mol. The van der Waals surface area contributed by atoms with Crippen LogP contribution in [0.3, 0.4) is 0 Å². The molecule has 3 fully saturated rings. The van der Waals surface area contributed by atoms with Crippen molar-refractivity contribution in [1.29, 1.82) is 0 Å². The largest absolute Gasteiger partial charge is 0.394 e. The third kappa shape index (κ3) is 29.7. The van der Waals surface area contributed by atoms with Gasteiger partial charge in [-0.25, -0.2) is 5.90 Å². The highest BCUT2D eigenvalue weighted by Gasteiger charge is 2.48. The molecule has 7 amide bonds. The molecule has 89 heavy (non-hydrogen) atoms. The Labute approximate surface area is 514 Å². The van der Waals surface area contributed by atoms with Crippen molar-refractivity contribution >= 4 is 41.4 Å². The van der Waals surface area contributed by atoms with Gasteiger partial charge in [0, 0.05) is 79.3 Å². The predicted octanol–water partition coefficient (Wildman–Crippen LogP) is -11.7. The SMILES string of the molecule is CC(=O)NC1C(OCCNCCCNC(=O)CCOCC(COCCC(=O)NCCCNCCOC2OC(CO)C(O)C(O)C2NC(C)=O)(COCCC(=O)NCCCNOC2OC(CO)C(O)C(O)C2NC(C)=O)NC(=O)CO[NH3+])OC(CO)C(O)C1O. The molecule has 3 rings (SSSR count). The van der Waals surface area contributed by atoms with Gasteiger partial charge in [-0.1, -0.05) is 0 Å². The van der Waals surface area contributed by atoms with Crippen molar-refractivity contribution in [3.8, 4) is 0 Å². The molecule has 15 atom stereocenters. The van der Waals surface area contributed by atoms with Crippen LogP contribution in [-0.2, 0) is 81.1 Å². The van der Waals surface area contributed by atoms with Gasteiger partial charge >= 0.3 is 0 Å². The van der Waals surface area contributed by atoms with E-state index in [-0.39, 0.29) is 110 Å². The van der Waals surface area contributed by atoms with Crippen LogP contribution in [0.15, 0.2) is 0 Å². The van der Waals surface area contributed by atoms with E-state index in [0.717, 1.165) is 0 Å². The lowest BCUT2D eigenvalue weighted by molar-refractivity contribution is -0.685. The van der Waals surface area contributed by atoms with E-state index in [1.54, 1.807) is 0 Å². The first kappa shape index (κ1) is 78.6. The van der Waals surface area contributed by atoms with Crippen molar-refractivity contribution in [3.63, 3.8) is 0 Å². The van der Waals surface area contributed by atoms with Crippen molar-refractivity contribution in [2.75, 3.05) is 132 Å². The summed E-state index contributed by atoms with van der Waals surface area (Å²) in [6.45, 7) is 2.80. The van der Waals surface area contributed by atoms with Gasteiger partial charge in [-0.15, -0.1) is 0 Å². The predicted molar refractivity (Wildman–Crippen MR) is 302 cm³/mol. The Hall–Kier alpha value is -4.63. The van der Waals surface area contributed by atoms with Gasteiger partial charge in [-0.2, -0.15) is 10.3 Å². The average Bonchev–Trinajstić information content (AvgIpc) is 1.22. The molecular weight excluding hydrogens is 1190 g/mol. The summed E-state index contributed by atoms with van der Waals surface area (Å²) in [6.07, 6.45) is -14.7. The standard InChI is InChI=1S/C52H97N11O26/c1-30(67)60-40-46(77)43(74)33(23-64)86-49(40)83-21-16-54-10-4-12-56-36(70)7-18-80-27-52(63-39(73)26-85-53,29-82-20-9-38(72)58-14-6-15-59-89-51-42(62-32(3)69)48(79)45(76)35(25-66)88-51)28-81-19-8-37(71)57-13-5-11-55-17-22-84-50-41(61-31(2)68)47(78)44(75)34(24-65)87-50/h33-35,40-51,54-55,59,64-66,74-79H,4-29H2,1-3,53H3,(H6-,56,57,58,60,61,62,63,67,68,69,70,71,72,73)/p+1. The van der Waals surface area contributed by atoms with E-state index in [2.05, 4.69) is 59.2 Å². The summed E-state index contributed by atoms with van der Waals surface area (Å²) >= 11 is 0. The van der Waals surface area contributed by atoms with Crippen molar-refractivity contribution in [3.05, 3.63) is 0 Å². The van der Waals surface area contributed by atoms with Crippen molar-refractivity contribution in [2.45, 2.75) is 157 Å². The minimum atomic E-state index is -1.50. The number of hydrogen-bond acceptors (Lipinski definition) is 29. The molecule has 3 heterocycles. The average molecular weight is 1290 g/mol. The molecule has 0 saturated carbocycles. The second-order valence-electron chi connectivity index (χ2n) is 21.2. The molecule has 0 aromatic heterocycles. The van der Waals surface area contributed by atoms with Gasteiger partial charge in [-0.05, 0) is 32.4 Å². The van der Waals surface area contributed by atoms with Gasteiger partial charge in [0.05, 0.1) is 72.7 Å². The zero-order valence-electron chi connectivity index (χ0n) is 50.7. The van der Waals surface area contributed by atoms with Crippen molar-refractivity contribution in [1.82, 2.24) is 53.3 Å². The number of aliphatic hydroxyl groups excluding tert-OH is 9. The van der Waals surface area contributed by atoms with E-state index >= 15 is 0 Å². The summed E-state index contributed by atoms with van der Waals surface area (Å²) < 4.78 is 45.7. The van der Waals surface area contributed by atoms with E-state index in [9.17, 15) is 79.5 Å². The van der Waals surface area contributed by atoms with E-state index in [1.165, 1.54) is 20.8 Å². The number of hydrogen-bond donors (Lipinski definition) is 20. The number of carbonyl (C=O) groups excluding carboxylic acids is 7. The van der Waals surface area contributed by atoms with Crippen LogP contribution in [0.1, 0.15) is 59.3 Å². The van der Waals surface area contributed by atoms with Crippen LogP contribution in [0.25, 0.3) is 0 Å². The molecule has 516 valence electrons. The molecule has 22 N–H and O–H groups in total. The van der Waals surface area contributed by atoms with Gasteiger partial charge in [0.15, 0.2) is 19.2 Å². The van der Waals surface area contributed by atoms with E-state index in [1.807, 2.05) is 0 Å². The first-order chi connectivity index (χ1) is 42.6. The Balaban J connectivity index is 1.48. The maximum Gasteiger partial charge on any atom is 0.253 e. The molecule has 0 aromatic carbocycles. The van der Waals surface area contributed by atoms with Crippen LogP contribution in [-0.4, -0.2) is 316 Å². The Kier molecular flexibility index (Phi) is 38.9. The molecule has 15 unspecified atom stereocenters. The number of rotatable bonds is 46. The van der Waals surface area contributed by atoms with E-state index < -0.39 is 153 Å². The number of ether oxygens (including phenoxy) is 8. The first-order valence-corrected chi connectivity index (χ1v) is 29.5. The maximum atomic E-state index is 13.1. The highest BCUT2D eigenvalue weighted by molar-refractivity contribution is 5.78. The molecular formula is C52H98N11O26+. The van der Waals surface area contributed by atoms with Crippen LogP contribution in [0.4, 0.5) is 0 Å². The van der Waals surface area contributed by atoms with Crippen molar-refractivity contribution in [2.24, 2.45) is 0 Å². The summed E-state index contributed by atoms with van der Waals surface area (Å²) in [5, 5.41) is 115. The fourth-order valence-electron chi connectivity index (χ4n) is 9.17. The number of hydroxylamine groups is 1. The highest BCUT2D eigenvalue weighted by Crippen LogP contribution is 2.25. The van der Waals surface area contributed by atoms with E-state index in [0.29, 0.717) is 45.4 Å². The molecule has 3 aliphatic rings. The second-order valence-corrected chi connectivity index (χ2v) is 21.2. The molecule has 0 spiro atoms. The molecule has 3 aliphatic heterocycles. The topological polar surface area (TPSA) is 542 Å². The summed E-state index contributed by atoms with van der Waals surface area (Å²) in [5.41, 5.74) is 1.17. The lowest BCUT2D eigenvalue weighted by Gasteiger charge is -2.42. The minimum Gasteiger partial charge on any atom is -0.394 e. The van der Waals surface area contributed by atoms with Gasteiger partial charge < -0.3 is 132 Å². The zero-order valence-corrected chi connectivity index (χ0v) is 50.7. The quantitative estimate of drug-likeness (QED) is 0.0199. The molecule has 37 nitrogen and oxygen atoms in total. The molecule has 3 saturated heterocycles. The number of nitrogens with one attached hydrogen (secondary N) is 10. The number of aliphatic hydroxyl groups is 9. The zero-order chi connectivity index (χ0) is 65.7. The number of quaternary nitrogens is 1. The van der Waals surface area contributed by atoms with Crippen LogP contribution in [0.2, 0.25) is 0 Å². The minimum absolute atomic E-state index is 0.0747. The van der Waals surface area contributed by atoms with Gasteiger partial charge in [0.2, 0.25) is 41.7 Å². The number of amides is 7. The highest BCUT2D eigenvalue weighted by atomic mass is 16.8. The van der Waals surface area contributed by atoms with Crippen molar-refractivity contribution < 1.29 is 133 Å². The van der Waals surface area contributed by atoms with Crippen LogP contribution < -0.4 is 59.2 Å². The lowest BCUT2D eigenvalue weighted by atomic mass is 9.97. The molecule has 0 radical (unpaired) electrons. The summed E-state index contributed by atoms with van der Waals surface area (Å²) in [5.74, 6) is 0.0313. The van der Waals surface area contributed by atoms with E-state index in [4.69, 9.17) is 47.6 Å². The van der Waals surface area contributed by atoms with Gasteiger partial charge in [-0.3, -0.25) is 38.4 Å². The Morgan fingerprint density at radius 2 is 0.798 bits per heavy atom. The molecule has 0 aliphatic carbocycles. The molecule has 0 bridgehead atoms. The Morgan fingerprint density at radius 1 is 0.449 bits per heavy atom. The Morgan fingerprint density at radius 3 is 1.15 bits per heavy atom. The van der Waals surface area contributed by atoms with Crippen LogP contribution in [0, 0.1) is 0 Å². The smallest absolute Gasteiger partial charge is 0.253 e. The lowest BCUT2D eigenvalue weighted by Crippen LogP contribution is -2.65. The fraction of sp³-hybridized carbons (Fsp3) is 0.865. The summed E-state index contributed by atoms with van der Waals surface area (Å²) in [4.78, 5) is 96.8. The second kappa shape index (κ2) is 44.0. The van der Waals surface area contributed by atoms with Crippen LogP contribution in [0.5, 0.6) is 0 Å². The third-order valence-electron chi connectivity index (χ3n) is 13.7. The Bertz CT molecular complexity index is 1980. The fourth-order valence-corrected chi connectivity index (χ4v) is 9.17. The molecule has 0 aromatic rings. The van der Waals surface area contributed by atoms with Gasteiger partial charge in [0.25, 0.3) is 5.91 Å². The third-order valence-corrected chi connectivity index (χ3v) is 13.7. The van der Waals surface area contributed by atoms with Gasteiger partial charge in [0.1, 0.15) is 78.6 Å². The summed E-state index contributed by atoms with van der Waals surface area (Å²) in [6, 6.07) is -3.32. The normalized spacial score (nSPS) is 27.6. The maximum absolute atomic E-state index is 13.1.